The highest BCUT2D eigenvalue weighted by atomic mass is 16.5. The first-order valence-electron chi connectivity index (χ1n) is 7.52. The summed E-state index contributed by atoms with van der Waals surface area (Å²) in [5, 5.41) is 3.67. The second kappa shape index (κ2) is 5.51. The van der Waals surface area contributed by atoms with E-state index in [0.717, 1.165) is 18.9 Å². The van der Waals surface area contributed by atoms with E-state index in [9.17, 15) is 0 Å². The summed E-state index contributed by atoms with van der Waals surface area (Å²) in [6, 6.07) is 10.0. The van der Waals surface area contributed by atoms with Crippen LogP contribution in [0.15, 0.2) is 24.3 Å². The van der Waals surface area contributed by atoms with Crippen molar-refractivity contribution in [3.8, 4) is 5.75 Å². The molecule has 0 radical (unpaired) electrons. The lowest BCUT2D eigenvalue weighted by molar-refractivity contribution is 0.0815. The van der Waals surface area contributed by atoms with E-state index in [0.29, 0.717) is 18.1 Å². The third-order valence-corrected chi connectivity index (χ3v) is 4.50. The molecule has 3 unspecified atom stereocenters. The van der Waals surface area contributed by atoms with Crippen molar-refractivity contribution in [3.63, 3.8) is 0 Å². The van der Waals surface area contributed by atoms with Crippen LogP contribution in [0.2, 0.25) is 0 Å². The van der Waals surface area contributed by atoms with Crippen LogP contribution in [0.3, 0.4) is 0 Å². The van der Waals surface area contributed by atoms with E-state index in [2.05, 4.69) is 48.3 Å². The number of nitrogens with zero attached hydrogens (tertiary/aromatic N) is 1. The average Bonchev–Trinajstić information content (AvgIpc) is 2.86. The van der Waals surface area contributed by atoms with Gasteiger partial charge in [0.25, 0.3) is 0 Å². The van der Waals surface area contributed by atoms with Gasteiger partial charge in [0.15, 0.2) is 0 Å². The Labute approximate surface area is 115 Å². The zero-order chi connectivity index (χ0) is 13.2. The fourth-order valence-corrected chi connectivity index (χ4v) is 3.55. The molecule has 0 saturated carbocycles. The fourth-order valence-electron chi connectivity index (χ4n) is 3.55. The van der Waals surface area contributed by atoms with E-state index < -0.39 is 0 Å². The van der Waals surface area contributed by atoms with Gasteiger partial charge in [-0.1, -0.05) is 25.1 Å². The number of likely N-dealkylation sites (tertiary alicyclic amines) is 1. The molecule has 2 aliphatic heterocycles. The smallest absolute Gasteiger partial charge is 0.124 e. The molecule has 1 saturated heterocycles. The molecule has 2 aliphatic rings. The van der Waals surface area contributed by atoms with E-state index in [1.165, 1.54) is 24.9 Å². The van der Waals surface area contributed by atoms with Crippen molar-refractivity contribution in [3.05, 3.63) is 29.8 Å². The van der Waals surface area contributed by atoms with E-state index in [-0.39, 0.29) is 0 Å². The maximum Gasteiger partial charge on any atom is 0.124 e. The van der Waals surface area contributed by atoms with Crippen molar-refractivity contribution in [1.82, 2.24) is 10.2 Å². The lowest BCUT2D eigenvalue weighted by Crippen LogP contribution is -2.51. The number of hydrogen-bond acceptors (Lipinski definition) is 3. The number of hydrogen-bond donors (Lipinski definition) is 1. The summed E-state index contributed by atoms with van der Waals surface area (Å²) in [4.78, 5) is 2.63. The van der Waals surface area contributed by atoms with Gasteiger partial charge in [0.1, 0.15) is 12.4 Å². The normalized spacial score (nSPS) is 30.9. The number of para-hydroxylation sites is 1. The maximum absolute atomic E-state index is 5.99. The van der Waals surface area contributed by atoms with Crippen LogP contribution in [-0.2, 0) is 0 Å². The molecule has 3 atom stereocenters. The highest BCUT2D eigenvalue weighted by Gasteiger charge is 2.37. The topological polar surface area (TPSA) is 24.5 Å². The molecular weight excluding hydrogens is 236 g/mol. The first-order chi connectivity index (χ1) is 9.31. The molecular formula is C16H24N2O. The third-order valence-electron chi connectivity index (χ3n) is 4.50. The number of likely N-dealkylation sites (N-methyl/N-ethyl adjacent to an activating group) is 1. The van der Waals surface area contributed by atoms with Crippen LogP contribution in [0.4, 0.5) is 0 Å². The zero-order valence-corrected chi connectivity index (χ0v) is 11.9. The van der Waals surface area contributed by atoms with Crippen molar-refractivity contribution in [1.29, 1.82) is 0 Å². The van der Waals surface area contributed by atoms with Crippen LogP contribution in [-0.4, -0.2) is 36.7 Å². The molecule has 1 fully saturated rings. The number of benzene rings is 1. The van der Waals surface area contributed by atoms with Crippen LogP contribution >= 0.6 is 0 Å². The van der Waals surface area contributed by atoms with E-state index >= 15 is 0 Å². The van der Waals surface area contributed by atoms with Gasteiger partial charge in [-0.2, -0.15) is 0 Å². The molecule has 2 heterocycles. The van der Waals surface area contributed by atoms with Crippen LogP contribution in [0.25, 0.3) is 0 Å². The maximum atomic E-state index is 5.99. The molecule has 1 aromatic rings. The molecule has 0 bridgehead atoms. The lowest BCUT2D eigenvalue weighted by atomic mass is 9.94. The Bertz CT molecular complexity index is 435. The molecule has 3 rings (SSSR count). The van der Waals surface area contributed by atoms with Crippen LogP contribution in [0, 0.1) is 0 Å². The molecule has 3 nitrogen and oxygen atoms in total. The summed E-state index contributed by atoms with van der Waals surface area (Å²) in [6.07, 6.45) is 2.63. The molecule has 0 aliphatic carbocycles. The van der Waals surface area contributed by atoms with Crippen molar-refractivity contribution in [2.75, 3.05) is 19.7 Å². The summed E-state index contributed by atoms with van der Waals surface area (Å²) in [5.74, 6) is 1.05. The first kappa shape index (κ1) is 12.9. The predicted molar refractivity (Wildman–Crippen MR) is 77.5 cm³/mol. The van der Waals surface area contributed by atoms with Gasteiger partial charge in [-0.05, 0) is 38.9 Å². The SMILES string of the molecule is CCNC1c2ccccc2OCC1N1CCCC1C. The zero-order valence-electron chi connectivity index (χ0n) is 11.9. The van der Waals surface area contributed by atoms with Crippen molar-refractivity contribution < 1.29 is 4.74 Å². The van der Waals surface area contributed by atoms with Crippen molar-refractivity contribution in [2.45, 2.75) is 44.8 Å². The Morgan fingerprint density at radius 1 is 1.37 bits per heavy atom. The van der Waals surface area contributed by atoms with Gasteiger partial charge in [-0.15, -0.1) is 0 Å². The molecule has 1 N–H and O–H groups in total. The van der Waals surface area contributed by atoms with Crippen LogP contribution in [0.1, 0.15) is 38.3 Å². The van der Waals surface area contributed by atoms with Gasteiger partial charge in [-0.25, -0.2) is 0 Å². The molecule has 19 heavy (non-hydrogen) atoms. The van der Waals surface area contributed by atoms with Gasteiger partial charge in [-0.3, -0.25) is 4.90 Å². The standard InChI is InChI=1S/C16H24N2O/c1-3-17-16-13-8-4-5-9-15(13)19-11-14(16)18-10-6-7-12(18)2/h4-5,8-9,12,14,16-17H,3,6-7,10-11H2,1-2H3. The summed E-state index contributed by atoms with van der Waals surface area (Å²) < 4.78 is 5.99. The minimum atomic E-state index is 0.399. The lowest BCUT2D eigenvalue weighted by Gasteiger charge is -2.41. The summed E-state index contributed by atoms with van der Waals surface area (Å²) >= 11 is 0. The van der Waals surface area contributed by atoms with E-state index in [4.69, 9.17) is 4.74 Å². The predicted octanol–water partition coefficient (Wildman–Crippen LogP) is 2.58. The second-order valence-electron chi connectivity index (χ2n) is 5.68. The van der Waals surface area contributed by atoms with Gasteiger partial charge in [0.05, 0.1) is 12.1 Å². The first-order valence-corrected chi connectivity index (χ1v) is 7.52. The van der Waals surface area contributed by atoms with E-state index in [1.54, 1.807) is 0 Å². The largest absolute Gasteiger partial charge is 0.492 e. The number of rotatable bonds is 3. The number of fused-ring (bicyclic) bond motifs is 1. The highest BCUT2D eigenvalue weighted by molar-refractivity contribution is 5.39. The second-order valence-corrected chi connectivity index (χ2v) is 5.68. The summed E-state index contributed by atoms with van der Waals surface area (Å²) in [5.41, 5.74) is 1.32. The van der Waals surface area contributed by atoms with Gasteiger partial charge < -0.3 is 10.1 Å². The number of ether oxygens (including phenoxy) is 1. The monoisotopic (exact) mass is 260 g/mol. The van der Waals surface area contributed by atoms with Crippen LogP contribution in [0.5, 0.6) is 5.75 Å². The summed E-state index contributed by atoms with van der Waals surface area (Å²) in [6.45, 7) is 7.54. The molecule has 0 amide bonds. The Morgan fingerprint density at radius 2 is 2.21 bits per heavy atom. The quantitative estimate of drug-likeness (QED) is 0.904. The van der Waals surface area contributed by atoms with E-state index in [1.807, 2.05) is 0 Å². The fraction of sp³-hybridized carbons (Fsp3) is 0.625. The Hall–Kier alpha value is -1.06. The Balaban J connectivity index is 1.89. The van der Waals surface area contributed by atoms with Crippen LogP contribution < -0.4 is 10.1 Å². The Kier molecular flexibility index (Phi) is 3.76. The minimum absolute atomic E-state index is 0.399. The Morgan fingerprint density at radius 3 is 2.95 bits per heavy atom. The minimum Gasteiger partial charge on any atom is -0.492 e. The molecule has 3 heteroatoms. The van der Waals surface area contributed by atoms with Gasteiger partial charge >= 0.3 is 0 Å². The molecule has 0 spiro atoms. The molecule has 104 valence electrons. The number of nitrogens with one attached hydrogen (secondary N) is 1. The summed E-state index contributed by atoms with van der Waals surface area (Å²) in [7, 11) is 0. The molecule has 0 aromatic heterocycles. The van der Waals surface area contributed by atoms with Gasteiger partial charge in [0, 0.05) is 11.6 Å². The average molecular weight is 260 g/mol. The van der Waals surface area contributed by atoms with Gasteiger partial charge in [0.2, 0.25) is 0 Å². The van der Waals surface area contributed by atoms with Crippen molar-refractivity contribution >= 4 is 0 Å². The highest BCUT2D eigenvalue weighted by Crippen LogP contribution is 2.36. The third kappa shape index (κ3) is 2.37. The van der Waals surface area contributed by atoms with Crippen molar-refractivity contribution in [2.24, 2.45) is 0 Å². The molecule has 1 aromatic carbocycles.